The fourth-order valence-electron chi connectivity index (χ4n) is 5.62. The molecule has 1 aromatic carbocycles. The zero-order chi connectivity index (χ0) is 21.3. The van der Waals surface area contributed by atoms with Crippen LogP contribution in [0.4, 0.5) is 0 Å². The van der Waals surface area contributed by atoms with E-state index in [-0.39, 0.29) is 11.7 Å². The van der Waals surface area contributed by atoms with Crippen LogP contribution in [0.3, 0.4) is 0 Å². The first kappa shape index (κ1) is 21.0. The van der Waals surface area contributed by atoms with Crippen LogP contribution in [0.25, 0.3) is 10.9 Å². The number of benzene rings is 1. The Labute approximate surface area is 179 Å². The fourth-order valence-corrected chi connectivity index (χ4v) is 5.62. The molecule has 1 aliphatic carbocycles. The van der Waals surface area contributed by atoms with Gasteiger partial charge in [-0.2, -0.15) is 0 Å². The first-order valence-electron chi connectivity index (χ1n) is 11.6. The molecule has 0 bridgehead atoms. The molecule has 0 saturated carbocycles. The van der Waals surface area contributed by atoms with E-state index in [0.717, 1.165) is 79.3 Å². The van der Waals surface area contributed by atoms with Gasteiger partial charge in [-0.3, -0.25) is 9.59 Å². The fraction of sp³-hybridized carbons (Fsp3) is 0.600. The lowest BCUT2D eigenvalue weighted by Gasteiger charge is -2.31. The molecule has 1 fully saturated rings. The topological polar surface area (TPSA) is 51.5 Å². The van der Waals surface area contributed by atoms with E-state index in [0.29, 0.717) is 25.0 Å². The number of methoxy groups -OCH3 is 1. The summed E-state index contributed by atoms with van der Waals surface area (Å²) in [5, 5.41) is 0.958. The summed E-state index contributed by atoms with van der Waals surface area (Å²) < 4.78 is 7.55. The Morgan fingerprint density at radius 1 is 1.10 bits per heavy atom. The minimum Gasteiger partial charge on any atom is -0.497 e. The van der Waals surface area contributed by atoms with E-state index in [4.69, 9.17) is 4.74 Å². The van der Waals surface area contributed by atoms with Crippen molar-refractivity contribution in [2.75, 3.05) is 7.11 Å². The zero-order valence-corrected chi connectivity index (χ0v) is 18.6. The number of hydrogen-bond acceptors (Lipinski definition) is 3. The van der Waals surface area contributed by atoms with Crippen molar-refractivity contribution in [1.29, 1.82) is 0 Å². The van der Waals surface area contributed by atoms with Gasteiger partial charge < -0.3 is 14.2 Å². The molecule has 5 nitrogen and oxygen atoms in total. The highest BCUT2D eigenvalue weighted by atomic mass is 16.5. The predicted octanol–water partition coefficient (Wildman–Crippen LogP) is 5.13. The van der Waals surface area contributed by atoms with Crippen LogP contribution < -0.4 is 4.74 Å². The largest absolute Gasteiger partial charge is 0.497 e. The second-order valence-corrected chi connectivity index (χ2v) is 8.83. The first-order chi connectivity index (χ1) is 14.6. The molecule has 162 valence electrons. The summed E-state index contributed by atoms with van der Waals surface area (Å²) in [6.07, 6.45) is 8.86. The number of ether oxygens (including phenoxy) is 1. The third kappa shape index (κ3) is 3.63. The van der Waals surface area contributed by atoms with E-state index in [1.165, 1.54) is 0 Å². The van der Waals surface area contributed by atoms with Gasteiger partial charge in [0.05, 0.1) is 12.6 Å². The molecule has 0 N–H and O–H groups in total. The van der Waals surface area contributed by atoms with Gasteiger partial charge in [0, 0.05) is 41.2 Å². The number of fused-ring (bicyclic) bond motifs is 3. The average Bonchev–Trinajstić information content (AvgIpc) is 3.28. The summed E-state index contributed by atoms with van der Waals surface area (Å²) in [6, 6.07) is 6.57. The third-order valence-electron chi connectivity index (χ3n) is 6.92. The van der Waals surface area contributed by atoms with Gasteiger partial charge in [0.2, 0.25) is 5.91 Å². The molecular weight excluding hydrogens is 376 g/mol. The molecule has 0 unspecified atom stereocenters. The molecule has 2 aromatic rings. The number of rotatable bonds is 7. The number of carbonyl (C=O) groups is 2. The van der Waals surface area contributed by atoms with Crippen molar-refractivity contribution in [2.24, 2.45) is 0 Å². The smallest absolute Gasteiger partial charge is 0.243 e. The van der Waals surface area contributed by atoms with Crippen molar-refractivity contribution < 1.29 is 14.3 Å². The minimum absolute atomic E-state index is 0.199. The Balaban J connectivity index is 1.73. The Hall–Kier alpha value is -2.30. The van der Waals surface area contributed by atoms with E-state index in [1.54, 1.807) is 7.11 Å². The van der Waals surface area contributed by atoms with Crippen molar-refractivity contribution in [1.82, 2.24) is 9.47 Å². The highest BCUT2D eigenvalue weighted by Gasteiger charge is 2.36. The van der Waals surface area contributed by atoms with Gasteiger partial charge in [-0.05, 0) is 50.7 Å². The molecule has 2 aliphatic rings. The van der Waals surface area contributed by atoms with Crippen molar-refractivity contribution in [2.45, 2.75) is 90.3 Å². The molecule has 1 saturated heterocycles. The molecule has 2 heterocycles. The van der Waals surface area contributed by atoms with Crippen molar-refractivity contribution in [3.63, 3.8) is 0 Å². The predicted molar refractivity (Wildman–Crippen MR) is 119 cm³/mol. The Kier molecular flexibility index (Phi) is 6.16. The number of amides is 1. The first-order valence-corrected chi connectivity index (χ1v) is 11.6. The monoisotopic (exact) mass is 410 g/mol. The van der Waals surface area contributed by atoms with Gasteiger partial charge in [0.1, 0.15) is 12.3 Å². The normalized spacial score (nSPS) is 21.3. The quantitative estimate of drug-likeness (QED) is 0.636. The maximum absolute atomic E-state index is 13.6. The van der Waals surface area contributed by atoms with E-state index in [9.17, 15) is 9.59 Å². The van der Waals surface area contributed by atoms with Gasteiger partial charge in [0.25, 0.3) is 0 Å². The van der Waals surface area contributed by atoms with Crippen LogP contribution in [0.5, 0.6) is 5.75 Å². The Bertz CT molecular complexity index is 932. The lowest BCUT2D eigenvalue weighted by molar-refractivity contribution is -0.135. The molecule has 0 spiro atoms. The highest BCUT2D eigenvalue weighted by Crippen LogP contribution is 2.35. The minimum atomic E-state index is 0.199. The SMILES string of the molecule is CCC[C@@H]1CC[C@@H](CCC)N1C(=O)Cn1c2c(c3ccc(OC)cc31)C(=O)CCC2. The van der Waals surface area contributed by atoms with Gasteiger partial charge in [-0.1, -0.05) is 26.7 Å². The number of nitrogens with zero attached hydrogens (tertiary/aromatic N) is 2. The number of carbonyl (C=O) groups excluding carboxylic acids is 2. The lowest BCUT2D eigenvalue weighted by Crippen LogP contribution is -2.43. The maximum Gasteiger partial charge on any atom is 0.243 e. The molecule has 1 amide bonds. The van der Waals surface area contributed by atoms with E-state index in [2.05, 4.69) is 23.3 Å². The molecular formula is C25H34N2O3. The Morgan fingerprint density at radius 2 is 1.80 bits per heavy atom. The van der Waals surface area contributed by atoms with E-state index in [1.807, 2.05) is 18.2 Å². The summed E-state index contributed by atoms with van der Waals surface area (Å²) in [4.78, 5) is 28.6. The highest BCUT2D eigenvalue weighted by molar-refractivity contribution is 6.10. The van der Waals surface area contributed by atoms with Crippen LogP contribution in [0, 0.1) is 0 Å². The molecule has 1 aliphatic heterocycles. The van der Waals surface area contributed by atoms with Crippen molar-refractivity contribution >= 4 is 22.6 Å². The van der Waals surface area contributed by atoms with Gasteiger partial charge in [-0.15, -0.1) is 0 Å². The van der Waals surface area contributed by atoms with Gasteiger partial charge in [-0.25, -0.2) is 0 Å². The van der Waals surface area contributed by atoms with Gasteiger partial charge in [0.15, 0.2) is 5.78 Å². The number of ketones is 1. The van der Waals surface area contributed by atoms with Crippen molar-refractivity contribution in [3.8, 4) is 5.75 Å². The van der Waals surface area contributed by atoms with Crippen LogP contribution in [-0.4, -0.2) is 40.4 Å². The van der Waals surface area contributed by atoms with Crippen molar-refractivity contribution in [3.05, 3.63) is 29.5 Å². The maximum atomic E-state index is 13.6. The molecule has 30 heavy (non-hydrogen) atoms. The summed E-state index contributed by atoms with van der Waals surface area (Å²) >= 11 is 0. The van der Waals surface area contributed by atoms with Crippen LogP contribution in [0.15, 0.2) is 18.2 Å². The average molecular weight is 411 g/mol. The Morgan fingerprint density at radius 3 is 2.43 bits per heavy atom. The second kappa shape index (κ2) is 8.83. The van der Waals surface area contributed by atoms with Crippen LogP contribution in [-0.2, 0) is 17.8 Å². The second-order valence-electron chi connectivity index (χ2n) is 8.83. The number of Topliss-reactive ketones (excluding diaryl/α,β-unsaturated/α-hetero) is 1. The van der Waals surface area contributed by atoms with E-state index < -0.39 is 0 Å². The van der Waals surface area contributed by atoms with Crippen LogP contribution in [0.2, 0.25) is 0 Å². The van der Waals surface area contributed by atoms with E-state index >= 15 is 0 Å². The number of hydrogen-bond donors (Lipinski definition) is 0. The molecule has 1 aromatic heterocycles. The molecule has 2 atom stereocenters. The number of likely N-dealkylation sites (tertiary alicyclic amines) is 1. The molecule has 0 radical (unpaired) electrons. The van der Waals surface area contributed by atoms with Gasteiger partial charge >= 0.3 is 0 Å². The van der Waals surface area contributed by atoms with Crippen LogP contribution in [0.1, 0.15) is 81.3 Å². The summed E-state index contributed by atoms with van der Waals surface area (Å²) in [7, 11) is 1.65. The zero-order valence-electron chi connectivity index (χ0n) is 18.6. The number of aromatic nitrogens is 1. The summed E-state index contributed by atoms with van der Waals surface area (Å²) in [6.45, 7) is 4.71. The standard InChI is InChI=1S/C25H34N2O3/c1-4-7-17-11-12-18(8-5-2)27(17)24(29)16-26-21-9-6-10-23(28)25(21)20-14-13-19(30-3)15-22(20)26/h13-15,17-18H,4-12,16H2,1-3H3/t17-,18-/m1/s1. The molecule has 4 rings (SSSR count). The third-order valence-corrected chi connectivity index (χ3v) is 6.92. The lowest BCUT2D eigenvalue weighted by atomic mass is 9.94. The molecule has 5 heteroatoms. The summed E-state index contributed by atoms with van der Waals surface area (Å²) in [5.74, 6) is 1.16. The van der Waals surface area contributed by atoms with Crippen LogP contribution >= 0.6 is 0 Å². The summed E-state index contributed by atoms with van der Waals surface area (Å²) in [5.41, 5.74) is 2.80.